The van der Waals surface area contributed by atoms with Crippen LogP contribution in [0.15, 0.2) is 30.3 Å². The smallest absolute Gasteiger partial charge is 0.313 e. The fourth-order valence-corrected chi connectivity index (χ4v) is 5.37. The molecule has 2 fully saturated rings. The average Bonchev–Trinajstić information content (AvgIpc) is 2.65. The minimum Gasteiger partial charge on any atom is -0.481 e. The summed E-state index contributed by atoms with van der Waals surface area (Å²) in [6.45, 7) is 1.32. The Hall–Kier alpha value is -1.04. The van der Waals surface area contributed by atoms with Gasteiger partial charge in [-0.15, -0.1) is 0 Å². The molecule has 2 aliphatic heterocycles. The van der Waals surface area contributed by atoms with Crippen molar-refractivity contribution < 1.29 is 15.0 Å². The van der Waals surface area contributed by atoms with Crippen LogP contribution in [-0.2, 0) is 11.2 Å². The van der Waals surface area contributed by atoms with Gasteiger partial charge >= 0.3 is 5.97 Å². The summed E-state index contributed by atoms with van der Waals surface area (Å²) in [6.07, 6.45) is 4.30. The van der Waals surface area contributed by atoms with Gasteiger partial charge in [0.1, 0.15) is 5.41 Å². The SMILES string of the molecule is O=C(O)[C@]1(CCCc2ccccc2)CN(C2CCSCC2)CC[C@@H]1O. The summed E-state index contributed by atoms with van der Waals surface area (Å²) < 4.78 is 0. The number of aliphatic hydroxyl groups excluding tert-OH is 1. The van der Waals surface area contributed by atoms with E-state index < -0.39 is 17.5 Å². The van der Waals surface area contributed by atoms with Crippen molar-refractivity contribution in [3.63, 3.8) is 0 Å². The van der Waals surface area contributed by atoms with Crippen molar-refractivity contribution in [1.82, 2.24) is 4.90 Å². The first-order valence-corrected chi connectivity index (χ1v) is 10.5. The number of carbonyl (C=O) groups is 1. The Labute approximate surface area is 154 Å². The first kappa shape index (κ1) is 18.7. The number of hydrogen-bond acceptors (Lipinski definition) is 4. The monoisotopic (exact) mass is 363 g/mol. The van der Waals surface area contributed by atoms with Gasteiger partial charge in [-0.25, -0.2) is 0 Å². The van der Waals surface area contributed by atoms with Gasteiger partial charge in [0.25, 0.3) is 0 Å². The van der Waals surface area contributed by atoms with E-state index in [1.165, 1.54) is 5.56 Å². The number of carboxylic acid groups (broad SMARTS) is 1. The zero-order valence-electron chi connectivity index (χ0n) is 14.8. The molecule has 0 aliphatic carbocycles. The number of aryl methyl sites for hydroxylation is 1. The summed E-state index contributed by atoms with van der Waals surface area (Å²) in [6, 6.07) is 10.7. The Balaban J connectivity index is 1.66. The van der Waals surface area contributed by atoms with E-state index >= 15 is 0 Å². The quantitative estimate of drug-likeness (QED) is 0.813. The van der Waals surface area contributed by atoms with Crippen molar-refractivity contribution in [2.75, 3.05) is 24.6 Å². The molecule has 0 aromatic heterocycles. The number of aliphatic hydroxyl groups is 1. The summed E-state index contributed by atoms with van der Waals surface area (Å²) in [5.41, 5.74) is 0.215. The van der Waals surface area contributed by atoms with Crippen molar-refractivity contribution in [1.29, 1.82) is 0 Å². The standard InChI is InChI=1S/C20H29NO3S/c22-18-8-12-21(17-9-13-25-14-10-17)15-20(18,19(23)24)11-4-7-16-5-2-1-3-6-16/h1-3,5-6,17-18,22H,4,7-15H2,(H,23,24)/t18-,20+/m0/s1. The van der Waals surface area contributed by atoms with E-state index in [0.717, 1.165) is 43.7 Å². The molecule has 4 nitrogen and oxygen atoms in total. The van der Waals surface area contributed by atoms with Gasteiger partial charge in [0.05, 0.1) is 6.10 Å². The summed E-state index contributed by atoms with van der Waals surface area (Å²) in [5.74, 6) is 1.50. The maximum Gasteiger partial charge on any atom is 0.313 e. The normalized spacial score (nSPS) is 28.8. The zero-order chi connectivity index (χ0) is 17.7. The van der Waals surface area contributed by atoms with Crippen LogP contribution in [0.2, 0.25) is 0 Å². The number of hydrogen-bond donors (Lipinski definition) is 2. The number of rotatable bonds is 6. The molecule has 2 atom stereocenters. The Morgan fingerprint density at radius 2 is 1.92 bits per heavy atom. The molecule has 2 N–H and O–H groups in total. The van der Waals surface area contributed by atoms with E-state index in [1.54, 1.807) is 0 Å². The van der Waals surface area contributed by atoms with E-state index in [-0.39, 0.29) is 0 Å². The van der Waals surface area contributed by atoms with Gasteiger partial charge in [-0.1, -0.05) is 30.3 Å². The zero-order valence-corrected chi connectivity index (χ0v) is 15.6. The van der Waals surface area contributed by atoms with Gasteiger partial charge in [0, 0.05) is 19.1 Å². The molecule has 0 bridgehead atoms. The minimum absolute atomic E-state index is 0.488. The predicted octanol–water partition coefficient (Wildman–Crippen LogP) is 3.04. The molecule has 1 aromatic rings. The predicted molar refractivity (Wildman–Crippen MR) is 102 cm³/mol. The van der Waals surface area contributed by atoms with Crippen LogP contribution in [0.1, 0.15) is 37.7 Å². The highest BCUT2D eigenvalue weighted by Crippen LogP contribution is 2.38. The van der Waals surface area contributed by atoms with Crippen LogP contribution in [0.4, 0.5) is 0 Å². The van der Waals surface area contributed by atoms with Crippen molar-refractivity contribution in [2.24, 2.45) is 5.41 Å². The average molecular weight is 364 g/mol. The van der Waals surface area contributed by atoms with Crippen LogP contribution < -0.4 is 0 Å². The van der Waals surface area contributed by atoms with Crippen molar-refractivity contribution in [3.8, 4) is 0 Å². The van der Waals surface area contributed by atoms with Crippen LogP contribution in [-0.4, -0.2) is 57.8 Å². The molecule has 0 spiro atoms. The van der Waals surface area contributed by atoms with E-state index in [0.29, 0.717) is 25.4 Å². The van der Waals surface area contributed by atoms with Gasteiger partial charge in [-0.2, -0.15) is 11.8 Å². The molecule has 1 aromatic carbocycles. The van der Waals surface area contributed by atoms with Crippen LogP contribution in [0.25, 0.3) is 0 Å². The molecule has 0 amide bonds. The second-order valence-electron chi connectivity index (χ2n) is 7.42. The highest BCUT2D eigenvalue weighted by atomic mass is 32.2. The first-order chi connectivity index (χ1) is 12.1. The lowest BCUT2D eigenvalue weighted by Gasteiger charge is -2.47. The van der Waals surface area contributed by atoms with Crippen molar-refractivity contribution in [2.45, 2.75) is 50.7 Å². The first-order valence-electron chi connectivity index (χ1n) is 9.39. The van der Waals surface area contributed by atoms with Crippen molar-refractivity contribution >= 4 is 17.7 Å². The third-order valence-corrected chi connectivity index (χ3v) is 6.93. The van der Waals surface area contributed by atoms with E-state index in [2.05, 4.69) is 17.0 Å². The summed E-state index contributed by atoms with van der Waals surface area (Å²) in [7, 11) is 0. The highest BCUT2D eigenvalue weighted by molar-refractivity contribution is 7.99. The topological polar surface area (TPSA) is 60.8 Å². The van der Waals surface area contributed by atoms with E-state index in [9.17, 15) is 15.0 Å². The molecule has 138 valence electrons. The maximum atomic E-state index is 12.2. The number of carboxylic acids is 1. The number of aliphatic carboxylic acids is 1. The van der Waals surface area contributed by atoms with E-state index in [1.807, 2.05) is 30.0 Å². The number of thioether (sulfide) groups is 1. The molecule has 2 saturated heterocycles. The molecule has 25 heavy (non-hydrogen) atoms. The lowest BCUT2D eigenvalue weighted by atomic mass is 9.73. The minimum atomic E-state index is -1.02. The molecule has 3 rings (SSSR count). The number of benzene rings is 1. The third kappa shape index (κ3) is 4.39. The van der Waals surface area contributed by atoms with Gasteiger partial charge in [0.15, 0.2) is 0 Å². The second kappa shape index (κ2) is 8.56. The Bertz CT molecular complexity index is 561. The molecule has 2 heterocycles. The second-order valence-corrected chi connectivity index (χ2v) is 8.64. The van der Waals surface area contributed by atoms with Crippen LogP contribution in [0.3, 0.4) is 0 Å². The number of piperidine rings is 1. The molecule has 0 radical (unpaired) electrons. The lowest BCUT2D eigenvalue weighted by Crippen LogP contribution is -2.58. The van der Waals surface area contributed by atoms with Crippen LogP contribution in [0.5, 0.6) is 0 Å². The molecule has 2 aliphatic rings. The summed E-state index contributed by atoms with van der Waals surface area (Å²) >= 11 is 1.99. The Morgan fingerprint density at radius 3 is 2.60 bits per heavy atom. The third-order valence-electron chi connectivity index (χ3n) is 5.88. The molecule has 0 saturated carbocycles. The summed E-state index contributed by atoms with van der Waals surface area (Å²) in [5, 5.41) is 20.6. The fourth-order valence-electron chi connectivity index (χ4n) is 4.29. The molecule has 5 heteroatoms. The molecular weight excluding hydrogens is 334 g/mol. The maximum absolute atomic E-state index is 12.2. The number of nitrogens with zero attached hydrogens (tertiary/aromatic N) is 1. The number of likely N-dealkylation sites (tertiary alicyclic amines) is 1. The van der Waals surface area contributed by atoms with Gasteiger partial charge in [-0.3, -0.25) is 9.69 Å². The highest BCUT2D eigenvalue weighted by Gasteiger charge is 2.49. The van der Waals surface area contributed by atoms with Gasteiger partial charge in [0.2, 0.25) is 0 Å². The molecule has 0 unspecified atom stereocenters. The van der Waals surface area contributed by atoms with Crippen molar-refractivity contribution in [3.05, 3.63) is 35.9 Å². The van der Waals surface area contributed by atoms with Gasteiger partial charge < -0.3 is 10.2 Å². The fraction of sp³-hybridized carbons (Fsp3) is 0.650. The lowest BCUT2D eigenvalue weighted by molar-refractivity contribution is -0.165. The Kier molecular flexibility index (Phi) is 6.42. The largest absolute Gasteiger partial charge is 0.481 e. The van der Waals surface area contributed by atoms with Gasteiger partial charge in [-0.05, 0) is 55.6 Å². The molecular formula is C20H29NO3S. The Morgan fingerprint density at radius 1 is 1.20 bits per heavy atom. The summed E-state index contributed by atoms with van der Waals surface area (Å²) in [4.78, 5) is 14.5. The van der Waals surface area contributed by atoms with Crippen LogP contribution >= 0.6 is 11.8 Å². The van der Waals surface area contributed by atoms with Crippen LogP contribution in [0, 0.1) is 5.41 Å². The van der Waals surface area contributed by atoms with E-state index in [4.69, 9.17) is 0 Å².